The Morgan fingerprint density at radius 1 is 1.12 bits per heavy atom. The Morgan fingerprint density at radius 2 is 1.72 bits per heavy atom. The SMILES string of the molecule is O=C(Cn1ccn(CC(F)(F)F)c(=O)c1=O)Nc1cc(F)ccc1Cl. The normalized spacial score (nSPS) is 11.4. The lowest BCUT2D eigenvalue weighted by molar-refractivity contribution is -0.141. The van der Waals surface area contributed by atoms with Crippen LogP contribution in [0.2, 0.25) is 5.02 Å². The Hall–Kier alpha value is -2.62. The van der Waals surface area contributed by atoms with E-state index in [1.165, 1.54) is 6.07 Å². The van der Waals surface area contributed by atoms with Crippen LogP contribution in [0.1, 0.15) is 0 Å². The molecule has 2 rings (SSSR count). The smallest absolute Gasteiger partial charge is 0.323 e. The monoisotopic (exact) mass is 379 g/mol. The van der Waals surface area contributed by atoms with Crippen molar-refractivity contribution in [2.24, 2.45) is 0 Å². The maximum Gasteiger partial charge on any atom is 0.406 e. The minimum atomic E-state index is -4.67. The molecular formula is C14H10ClF4N3O3. The van der Waals surface area contributed by atoms with Crippen molar-refractivity contribution in [3.8, 4) is 0 Å². The van der Waals surface area contributed by atoms with Gasteiger partial charge in [0.25, 0.3) is 0 Å². The Kier molecular flexibility index (Phi) is 5.31. The highest BCUT2D eigenvalue weighted by Gasteiger charge is 2.28. The van der Waals surface area contributed by atoms with Gasteiger partial charge in [-0.05, 0) is 18.2 Å². The van der Waals surface area contributed by atoms with Gasteiger partial charge in [-0.2, -0.15) is 13.2 Å². The van der Waals surface area contributed by atoms with Crippen LogP contribution in [0.5, 0.6) is 0 Å². The number of rotatable bonds is 4. The first-order chi connectivity index (χ1) is 11.6. The second-order valence-corrected chi connectivity index (χ2v) is 5.36. The molecule has 1 N–H and O–H groups in total. The molecule has 134 valence electrons. The van der Waals surface area contributed by atoms with E-state index < -0.39 is 42.1 Å². The van der Waals surface area contributed by atoms with E-state index in [0.717, 1.165) is 24.5 Å². The third-order valence-electron chi connectivity index (χ3n) is 3.00. The first-order valence-electron chi connectivity index (χ1n) is 6.68. The fourth-order valence-electron chi connectivity index (χ4n) is 1.92. The van der Waals surface area contributed by atoms with Crippen molar-refractivity contribution in [3.05, 3.63) is 62.1 Å². The van der Waals surface area contributed by atoms with Crippen LogP contribution in [-0.4, -0.2) is 21.2 Å². The van der Waals surface area contributed by atoms with Crippen molar-refractivity contribution in [1.82, 2.24) is 9.13 Å². The lowest BCUT2D eigenvalue weighted by Crippen LogP contribution is -2.43. The summed E-state index contributed by atoms with van der Waals surface area (Å²) >= 11 is 5.77. The van der Waals surface area contributed by atoms with E-state index in [0.29, 0.717) is 4.57 Å². The van der Waals surface area contributed by atoms with Gasteiger partial charge in [-0.1, -0.05) is 11.6 Å². The van der Waals surface area contributed by atoms with Crippen molar-refractivity contribution in [2.45, 2.75) is 19.3 Å². The standard InChI is InChI=1S/C14H10ClF4N3O3/c15-9-2-1-8(16)5-10(9)20-11(23)6-21-3-4-22(7-14(17,18)19)13(25)12(21)24/h1-5H,6-7H2,(H,20,23). The van der Waals surface area contributed by atoms with Gasteiger partial charge in [0.15, 0.2) is 0 Å². The number of aromatic nitrogens is 2. The van der Waals surface area contributed by atoms with Crippen LogP contribution >= 0.6 is 11.6 Å². The Labute approximate surface area is 142 Å². The molecule has 1 heterocycles. The summed E-state index contributed by atoms with van der Waals surface area (Å²) < 4.78 is 50.9. The van der Waals surface area contributed by atoms with Crippen molar-refractivity contribution in [1.29, 1.82) is 0 Å². The molecule has 0 saturated heterocycles. The Bertz CT molecular complexity index is 921. The molecule has 1 amide bonds. The zero-order valence-electron chi connectivity index (χ0n) is 12.3. The molecule has 6 nitrogen and oxygen atoms in total. The third kappa shape index (κ3) is 4.92. The maximum absolute atomic E-state index is 13.1. The molecular weight excluding hydrogens is 370 g/mol. The van der Waals surface area contributed by atoms with Gasteiger partial charge in [0.2, 0.25) is 5.91 Å². The first-order valence-corrected chi connectivity index (χ1v) is 7.06. The fourth-order valence-corrected chi connectivity index (χ4v) is 2.09. The molecule has 0 aliphatic carbocycles. The molecule has 2 aromatic rings. The summed E-state index contributed by atoms with van der Waals surface area (Å²) in [5.74, 6) is -1.48. The largest absolute Gasteiger partial charge is 0.406 e. The van der Waals surface area contributed by atoms with E-state index >= 15 is 0 Å². The fraction of sp³-hybridized carbons (Fsp3) is 0.214. The zero-order chi connectivity index (χ0) is 18.8. The number of nitrogens with zero attached hydrogens (tertiary/aromatic N) is 2. The highest BCUT2D eigenvalue weighted by Crippen LogP contribution is 2.22. The lowest BCUT2D eigenvalue weighted by atomic mass is 10.3. The van der Waals surface area contributed by atoms with Crippen LogP contribution in [0.3, 0.4) is 0 Å². The van der Waals surface area contributed by atoms with E-state index in [1.54, 1.807) is 0 Å². The van der Waals surface area contributed by atoms with E-state index in [-0.39, 0.29) is 15.3 Å². The van der Waals surface area contributed by atoms with Crippen LogP contribution in [0.15, 0.2) is 40.2 Å². The van der Waals surface area contributed by atoms with Gasteiger partial charge >= 0.3 is 17.3 Å². The number of hydrogen-bond acceptors (Lipinski definition) is 3. The van der Waals surface area contributed by atoms with Gasteiger partial charge in [0.05, 0.1) is 10.7 Å². The summed E-state index contributed by atoms with van der Waals surface area (Å²) in [4.78, 5) is 35.3. The zero-order valence-corrected chi connectivity index (χ0v) is 13.1. The number of halogens is 5. The average molecular weight is 380 g/mol. The quantitative estimate of drug-likeness (QED) is 0.652. The number of benzene rings is 1. The van der Waals surface area contributed by atoms with Crippen LogP contribution in [0.4, 0.5) is 23.2 Å². The number of alkyl halides is 3. The summed E-state index contributed by atoms with van der Waals surface area (Å²) in [5.41, 5.74) is -2.77. The van der Waals surface area contributed by atoms with Gasteiger partial charge in [-0.25, -0.2) is 4.39 Å². The minimum Gasteiger partial charge on any atom is -0.323 e. The lowest BCUT2D eigenvalue weighted by Gasteiger charge is -2.11. The van der Waals surface area contributed by atoms with E-state index in [2.05, 4.69) is 5.32 Å². The number of nitrogens with one attached hydrogen (secondary N) is 1. The second kappa shape index (κ2) is 7.09. The van der Waals surface area contributed by atoms with Crippen LogP contribution in [0.25, 0.3) is 0 Å². The molecule has 1 aromatic carbocycles. The second-order valence-electron chi connectivity index (χ2n) is 4.95. The number of carbonyl (C=O) groups excluding carboxylic acids is 1. The molecule has 0 radical (unpaired) electrons. The molecule has 0 atom stereocenters. The molecule has 25 heavy (non-hydrogen) atoms. The molecule has 0 bridgehead atoms. The van der Waals surface area contributed by atoms with E-state index in [1.807, 2.05) is 0 Å². The van der Waals surface area contributed by atoms with Gasteiger partial charge in [0, 0.05) is 12.4 Å². The number of amides is 1. The number of anilines is 1. The highest BCUT2D eigenvalue weighted by molar-refractivity contribution is 6.33. The molecule has 0 aliphatic rings. The first kappa shape index (κ1) is 18.7. The summed E-state index contributed by atoms with van der Waals surface area (Å²) in [7, 11) is 0. The molecule has 1 aromatic heterocycles. The summed E-state index contributed by atoms with van der Waals surface area (Å²) in [6.45, 7) is -2.28. The van der Waals surface area contributed by atoms with Gasteiger partial charge in [-0.15, -0.1) is 0 Å². The predicted octanol–water partition coefficient (Wildman–Crippen LogP) is 2.00. The number of hydrogen-bond donors (Lipinski definition) is 1. The third-order valence-corrected chi connectivity index (χ3v) is 3.33. The van der Waals surface area contributed by atoms with Crippen molar-refractivity contribution < 1.29 is 22.4 Å². The molecule has 0 spiro atoms. The molecule has 11 heteroatoms. The van der Waals surface area contributed by atoms with Crippen molar-refractivity contribution in [2.75, 3.05) is 5.32 Å². The summed E-state index contributed by atoms with van der Waals surface area (Å²) in [6.07, 6.45) is -3.05. The number of carbonyl (C=O) groups is 1. The Morgan fingerprint density at radius 3 is 2.36 bits per heavy atom. The van der Waals surface area contributed by atoms with Gasteiger partial charge in [0.1, 0.15) is 18.9 Å². The predicted molar refractivity (Wildman–Crippen MR) is 81.1 cm³/mol. The maximum atomic E-state index is 13.1. The van der Waals surface area contributed by atoms with Crippen LogP contribution in [0, 0.1) is 5.82 Å². The summed E-state index contributed by atoms with van der Waals surface area (Å²) in [5, 5.41) is 2.28. The van der Waals surface area contributed by atoms with Gasteiger partial charge < -0.3 is 9.88 Å². The van der Waals surface area contributed by atoms with E-state index in [9.17, 15) is 31.9 Å². The van der Waals surface area contributed by atoms with E-state index in [4.69, 9.17) is 11.6 Å². The summed E-state index contributed by atoms with van der Waals surface area (Å²) in [6, 6.07) is 3.23. The molecule has 0 fully saturated rings. The average Bonchev–Trinajstić information content (AvgIpc) is 2.49. The minimum absolute atomic E-state index is 0.0442. The van der Waals surface area contributed by atoms with Crippen LogP contribution in [-0.2, 0) is 17.9 Å². The topological polar surface area (TPSA) is 73.1 Å². The van der Waals surface area contributed by atoms with Crippen LogP contribution < -0.4 is 16.4 Å². The molecule has 0 unspecified atom stereocenters. The van der Waals surface area contributed by atoms with Crippen molar-refractivity contribution >= 4 is 23.2 Å². The van der Waals surface area contributed by atoms with Crippen molar-refractivity contribution in [3.63, 3.8) is 0 Å². The van der Waals surface area contributed by atoms with Gasteiger partial charge in [-0.3, -0.25) is 19.0 Å². The highest BCUT2D eigenvalue weighted by atomic mass is 35.5. The molecule has 0 aliphatic heterocycles. The Balaban J connectivity index is 2.19. The molecule has 0 saturated carbocycles.